The van der Waals surface area contributed by atoms with Gasteiger partial charge in [-0.2, -0.15) is 0 Å². The van der Waals surface area contributed by atoms with Crippen LogP contribution in [-0.2, 0) is 11.2 Å². The lowest BCUT2D eigenvalue weighted by Gasteiger charge is -2.18. The Hall–Kier alpha value is -2.73. The summed E-state index contributed by atoms with van der Waals surface area (Å²) in [5, 5.41) is 3.15. The number of carbonyl (C=O) groups is 2. The fourth-order valence-corrected chi connectivity index (χ4v) is 3.00. The molecule has 7 heteroatoms. The number of nitrogens with one attached hydrogen (secondary N) is 1. The number of hydrogen-bond acceptors (Lipinski definition) is 4. The Morgan fingerprint density at radius 2 is 2.00 bits per heavy atom. The van der Waals surface area contributed by atoms with E-state index in [9.17, 15) is 9.59 Å². The van der Waals surface area contributed by atoms with Gasteiger partial charge >= 0.3 is 0 Å². The largest absolute Gasteiger partial charge is 0.454 e. The zero-order chi connectivity index (χ0) is 18.7. The van der Waals surface area contributed by atoms with Crippen molar-refractivity contribution in [2.24, 2.45) is 0 Å². The second-order valence-electron chi connectivity index (χ2n) is 5.91. The van der Waals surface area contributed by atoms with Crippen molar-refractivity contribution in [2.75, 3.05) is 25.7 Å². The van der Waals surface area contributed by atoms with Gasteiger partial charge in [-0.05, 0) is 30.2 Å². The van der Waals surface area contributed by atoms with Crippen LogP contribution < -0.4 is 14.8 Å². The molecule has 0 aromatic heterocycles. The van der Waals surface area contributed by atoms with Gasteiger partial charge in [-0.3, -0.25) is 9.59 Å². The quantitative estimate of drug-likeness (QED) is 0.871. The van der Waals surface area contributed by atoms with Crippen molar-refractivity contribution in [2.45, 2.75) is 13.3 Å². The number of hydrogen-bond donors (Lipinski definition) is 1. The summed E-state index contributed by atoms with van der Waals surface area (Å²) >= 11 is 6.11. The van der Waals surface area contributed by atoms with Crippen molar-refractivity contribution >= 4 is 29.1 Å². The number of carbonyl (C=O) groups excluding carboxylic acids is 2. The first kappa shape index (κ1) is 18.1. The van der Waals surface area contributed by atoms with Gasteiger partial charge < -0.3 is 19.7 Å². The second kappa shape index (κ2) is 7.66. The molecule has 0 atom stereocenters. The number of para-hydroxylation sites is 1. The first-order chi connectivity index (χ1) is 12.5. The van der Waals surface area contributed by atoms with E-state index in [2.05, 4.69) is 5.32 Å². The predicted molar refractivity (Wildman–Crippen MR) is 99.0 cm³/mol. The van der Waals surface area contributed by atoms with Crippen LogP contribution in [0.4, 0.5) is 5.69 Å². The molecular weight excluding hydrogens is 356 g/mol. The van der Waals surface area contributed by atoms with E-state index in [0.717, 1.165) is 17.7 Å². The number of nitrogens with zero attached hydrogens (tertiary/aromatic N) is 1. The van der Waals surface area contributed by atoms with Gasteiger partial charge in [0.25, 0.3) is 5.91 Å². The third-order valence-corrected chi connectivity index (χ3v) is 4.35. The molecule has 0 spiro atoms. The Balaban J connectivity index is 1.68. The van der Waals surface area contributed by atoms with E-state index in [1.165, 1.54) is 11.0 Å². The van der Waals surface area contributed by atoms with E-state index in [0.29, 0.717) is 22.1 Å². The molecule has 0 bridgehead atoms. The van der Waals surface area contributed by atoms with Gasteiger partial charge in [0.15, 0.2) is 11.5 Å². The SMILES string of the molecule is CCc1ccccc1NC(=O)CN(C)C(=O)c1cc(Cl)c2c(c1)OCO2. The van der Waals surface area contributed by atoms with Crippen LogP contribution in [0.15, 0.2) is 36.4 Å². The summed E-state index contributed by atoms with van der Waals surface area (Å²) < 4.78 is 10.5. The molecule has 136 valence electrons. The third-order valence-electron chi connectivity index (χ3n) is 4.07. The molecule has 0 radical (unpaired) electrons. The Bertz CT molecular complexity index is 853. The second-order valence-corrected chi connectivity index (χ2v) is 6.32. The maximum atomic E-state index is 12.6. The van der Waals surface area contributed by atoms with Gasteiger partial charge in [0.2, 0.25) is 12.7 Å². The fourth-order valence-electron chi connectivity index (χ4n) is 2.74. The summed E-state index contributed by atoms with van der Waals surface area (Å²) in [6, 6.07) is 10.7. The number of benzene rings is 2. The molecule has 1 aliphatic rings. The van der Waals surface area contributed by atoms with Crippen LogP contribution in [0.2, 0.25) is 5.02 Å². The smallest absolute Gasteiger partial charge is 0.254 e. The third kappa shape index (κ3) is 3.75. The van der Waals surface area contributed by atoms with E-state index in [4.69, 9.17) is 21.1 Å². The van der Waals surface area contributed by atoms with Crippen molar-refractivity contribution in [3.05, 3.63) is 52.5 Å². The van der Waals surface area contributed by atoms with Crippen LogP contribution in [0.5, 0.6) is 11.5 Å². The molecule has 6 nitrogen and oxygen atoms in total. The van der Waals surface area contributed by atoms with E-state index < -0.39 is 0 Å². The topological polar surface area (TPSA) is 67.9 Å². The van der Waals surface area contributed by atoms with E-state index in [1.807, 2.05) is 31.2 Å². The maximum absolute atomic E-state index is 12.6. The van der Waals surface area contributed by atoms with Crippen LogP contribution in [-0.4, -0.2) is 37.1 Å². The molecule has 3 rings (SSSR count). The van der Waals surface area contributed by atoms with Crippen LogP contribution >= 0.6 is 11.6 Å². The van der Waals surface area contributed by atoms with Crippen molar-refractivity contribution < 1.29 is 19.1 Å². The van der Waals surface area contributed by atoms with Gasteiger partial charge in [0.1, 0.15) is 0 Å². The van der Waals surface area contributed by atoms with Gasteiger partial charge in [-0.25, -0.2) is 0 Å². The fraction of sp³-hybridized carbons (Fsp3) is 0.263. The molecule has 0 saturated carbocycles. The number of likely N-dealkylation sites (N-methyl/N-ethyl adjacent to an activating group) is 1. The molecule has 0 aliphatic carbocycles. The Kier molecular flexibility index (Phi) is 5.32. The lowest BCUT2D eigenvalue weighted by molar-refractivity contribution is -0.116. The van der Waals surface area contributed by atoms with E-state index in [-0.39, 0.29) is 25.2 Å². The van der Waals surface area contributed by atoms with Gasteiger partial charge in [-0.1, -0.05) is 36.7 Å². The minimum Gasteiger partial charge on any atom is -0.454 e. The monoisotopic (exact) mass is 374 g/mol. The summed E-state index contributed by atoms with van der Waals surface area (Å²) in [6.07, 6.45) is 0.806. The molecule has 0 unspecified atom stereocenters. The highest BCUT2D eigenvalue weighted by Gasteiger charge is 2.23. The van der Waals surface area contributed by atoms with Crippen molar-refractivity contribution in [3.63, 3.8) is 0 Å². The first-order valence-electron chi connectivity index (χ1n) is 8.22. The van der Waals surface area contributed by atoms with Crippen molar-refractivity contribution in [3.8, 4) is 11.5 Å². The van der Waals surface area contributed by atoms with Gasteiger partial charge in [0.05, 0.1) is 11.6 Å². The minimum absolute atomic E-state index is 0.0712. The number of ether oxygens (including phenoxy) is 2. The first-order valence-corrected chi connectivity index (χ1v) is 8.59. The van der Waals surface area contributed by atoms with Gasteiger partial charge in [-0.15, -0.1) is 0 Å². The summed E-state index contributed by atoms with van der Waals surface area (Å²) in [5.41, 5.74) is 2.13. The molecular formula is C19H19ClN2O4. The molecule has 1 heterocycles. The molecule has 1 N–H and O–H groups in total. The molecule has 0 fully saturated rings. The summed E-state index contributed by atoms with van der Waals surface area (Å²) in [5.74, 6) is 0.257. The highest BCUT2D eigenvalue weighted by Crippen LogP contribution is 2.39. The average Bonchev–Trinajstić information content (AvgIpc) is 3.10. The van der Waals surface area contributed by atoms with Crippen LogP contribution in [0, 0.1) is 0 Å². The summed E-state index contributed by atoms with van der Waals surface area (Å²) in [4.78, 5) is 26.2. The molecule has 1 aliphatic heterocycles. The number of anilines is 1. The molecule has 2 aromatic carbocycles. The lowest BCUT2D eigenvalue weighted by Crippen LogP contribution is -2.35. The number of fused-ring (bicyclic) bond motifs is 1. The van der Waals surface area contributed by atoms with Crippen LogP contribution in [0.1, 0.15) is 22.8 Å². The maximum Gasteiger partial charge on any atom is 0.254 e. The number of rotatable bonds is 5. The number of amides is 2. The molecule has 0 saturated heterocycles. The van der Waals surface area contributed by atoms with E-state index in [1.54, 1.807) is 13.1 Å². The average molecular weight is 375 g/mol. The lowest BCUT2D eigenvalue weighted by atomic mass is 10.1. The highest BCUT2D eigenvalue weighted by atomic mass is 35.5. The summed E-state index contributed by atoms with van der Waals surface area (Å²) in [7, 11) is 1.56. The van der Waals surface area contributed by atoms with E-state index >= 15 is 0 Å². The highest BCUT2D eigenvalue weighted by molar-refractivity contribution is 6.32. The zero-order valence-electron chi connectivity index (χ0n) is 14.5. The summed E-state index contributed by atoms with van der Waals surface area (Å²) in [6.45, 7) is 2.01. The Morgan fingerprint density at radius 3 is 2.77 bits per heavy atom. The molecule has 2 amide bonds. The normalized spacial score (nSPS) is 12.0. The Morgan fingerprint density at radius 1 is 1.23 bits per heavy atom. The minimum atomic E-state index is -0.330. The predicted octanol–water partition coefficient (Wildman–Crippen LogP) is 3.34. The molecule has 26 heavy (non-hydrogen) atoms. The zero-order valence-corrected chi connectivity index (χ0v) is 15.3. The number of aryl methyl sites for hydroxylation is 1. The molecule has 2 aromatic rings. The number of halogens is 1. The van der Waals surface area contributed by atoms with Crippen molar-refractivity contribution in [1.82, 2.24) is 4.90 Å². The Labute approximate surface area is 156 Å². The van der Waals surface area contributed by atoms with Crippen LogP contribution in [0.25, 0.3) is 0 Å². The van der Waals surface area contributed by atoms with Crippen molar-refractivity contribution in [1.29, 1.82) is 0 Å². The standard InChI is InChI=1S/C19H19ClN2O4/c1-3-12-6-4-5-7-15(12)21-17(23)10-22(2)19(24)13-8-14(20)18-16(9-13)25-11-26-18/h4-9H,3,10-11H2,1-2H3,(H,21,23). The van der Waals surface area contributed by atoms with Gasteiger partial charge in [0, 0.05) is 18.3 Å². The van der Waals surface area contributed by atoms with Crippen LogP contribution in [0.3, 0.4) is 0 Å².